The molecule has 5 rings (SSSR count). The minimum Gasteiger partial charge on any atom is -0.384 e. The van der Waals surface area contributed by atoms with Crippen molar-refractivity contribution >= 4 is 23.2 Å². The van der Waals surface area contributed by atoms with Gasteiger partial charge in [-0.25, -0.2) is 0 Å². The summed E-state index contributed by atoms with van der Waals surface area (Å²) < 4.78 is 0. The molecule has 3 aromatic carbocycles. The molecule has 39 heavy (non-hydrogen) atoms. The van der Waals surface area contributed by atoms with Gasteiger partial charge in [0.15, 0.2) is 5.78 Å². The number of hydrogen-bond donors (Lipinski definition) is 1. The number of ketones is 1. The molecule has 1 aliphatic carbocycles. The largest absolute Gasteiger partial charge is 0.384 e. The summed E-state index contributed by atoms with van der Waals surface area (Å²) in [6.07, 6.45) is 2.88. The number of anilines is 1. The van der Waals surface area contributed by atoms with Gasteiger partial charge in [0, 0.05) is 28.3 Å². The quantitative estimate of drug-likeness (QED) is 0.328. The lowest BCUT2D eigenvalue weighted by atomic mass is 9.74. The molecule has 0 saturated carbocycles. The minimum absolute atomic E-state index is 0.122. The number of allylic oxidation sites excluding steroid dienone is 3. The van der Waals surface area contributed by atoms with E-state index >= 15 is 0 Å². The molecule has 0 bridgehead atoms. The Morgan fingerprint density at radius 3 is 2.46 bits per heavy atom. The van der Waals surface area contributed by atoms with E-state index in [1.54, 1.807) is 0 Å². The van der Waals surface area contributed by atoms with Crippen LogP contribution in [0.15, 0.2) is 88.2 Å². The fraction of sp³-hybridized carbons (Fsp3) is 0.294. The van der Waals surface area contributed by atoms with Crippen LogP contribution in [0.1, 0.15) is 65.5 Å². The zero-order valence-corrected chi connectivity index (χ0v) is 24.0. The molecular formula is C34H35N3OS. The molecule has 2 N–H and O–H groups in total. The minimum atomic E-state index is -0.453. The van der Waals surface area contributed by atoms with Crippen LogP contribution >= 0.6 is 11.8 Å². The van der Waals surface area contributed by atoms with Crippen LogP contribution in [0.5, 0.6) is 0 Å². The number of thioether (sulfide) groups is 1. The van der Waals surface area contributed by atoms with E-state index in [1.165, 1.54) is 21.6 Å². The van der Waals surface area contributed by atoms with E-state index in [-0.39, 0.29) is 5.78 Å². The first-order chi connectivity index (χ1) is 18.8. The molecule has 3 aromatic rings. The SMILES string of the molecule is CCc1ccccc1N1C(N)=C(C#N)C(c2cc(CSc3ccccc3C)c(C)cc2C)C2=C1CCCC2=O. The summed E-state index contributed by atoms with van der Waals surface area (Å²) in [5.74, 6) is 0.919. The van der Waals surface area contributed by atoms with Gasteiger partial charge in [-0.1, -0.05) is 55.5 Å². The van der Waals surface area contributed by atoms with Crippen molar-refractivity contribution in [2.24, 2.45) is 5.73 Å². The van der Waals surface area contributed by atoms with Crippen LogP contribution in [0.2, 0.25) is 0 Å². The van der Waals surface area contributed by atoms with Crippen molar-refractivity contribution in [2.75, 3.05) is 4.90 Å². The van der Waals surface area contributed by atoms with E-state index in [0.29, 0.717) is 17.8 Å². The van der Waals surface area contributed by atoms with Crippen LogP contribution in [-0.2, 0) is 17.0 Å². The number of nitrogens with two attached hydrogens (primary N) is 1. The Hall–Kier alpha value is -3.75. The lowest BCUT2D eigenvalue weighted by Gasteiger charge is -2.40. The van der Waals surface area contributed by atoms with E-state index < -0.39 is 5.92 Å². The van der Waals surface area contributed by atoms with Crippen LogP contribution in [0.4, 0.5) is 5.69 Å². The van der Waals surface area contributed by atoms with Gasteiger partial charge in [0.1, 0.15) is 5.82 Å². The second-order valence-electron chi connectivity index (χ2n) is 10.5. The molecule has 198 valence electrons. The zero-order valence-electron chi connectivity index (χ0n) is 23.2. The highest BCUT2D eigenvalue weighted by Crippen LogP contribution is 2.48. The van der Waals surface area contributed by atoms with E-state index in [2.05, 4.69) is 76.2 Å². The van der Waals surface area contributed by atoms with Gasteiger partial charge in [-0.2, -0.15) is 5.26 Å². The van der Waals surface area contributed by atoms with E-state index in [0.717, 1.165) is 58.7 Å². The summed E-state index contributed by atoms with van der Waals surface area (Å²) in [5, 5.41) is 10.5. The van der Waals surface area contributed by atoms with Crippen molar-refractivity contribution in [2.45, 2.75) is 69.9 Å². The highest BCUT2D eigenvalue weighted by Gasteiger charge is 2.41. The second-order valence-corrected chi connectivity index (χ2v) is 11.5. The molecule has 0 radical (unpaired) electrons. The first kappa shape index (κ1) is 26.8. The van der Waals surface area contributed by atoms with Gasteiger partial charge in [-0.3, -0.25) is 9.69 Å². The molecule has 1 heterocycles. The molecule has 1 atom stereocenters. The molecule has 4 nitrogen and oxygen atoms in total. The normalized spacial score (nSPS) is 17.4. The summed E-state index contributed by atoms with van der Waals surface area (Å²) in [5.41, 5.74) is 16.9. The van der Waals surface area contributed by atoms with Crippen molar-refractivity contribution in [3.8, 4) is 6.07 Å². The second kappa shape index (κ2) is 11.2. The first-order valence-corrected chi connectivity index (χ1v) is 14.7. The summed E-state index contributed by atoms with van der Waals surface area (Å²) >= 11 is 1.82. The number of rotatable bonds is 6. The average Bonchev–Trinajstić information content (AvgIpc) is 2.93. The van der Waals surface area contributed by atoms with Gasteiger partial charge in [-0.05, 0) is 85.5 Å². The number of nitriles is 1. The maximum absolute atomic E-state index is 13.7. The molecular weight excluding hydrogens is 498 g/mol. The Balaban J connectivity index is 1.65. The maximum atomic E-state index is 13.7. The van der Waals surface area contributed by atoms with Crippen LogP contribution in [0.25, 0.3) is 0 Å². The topological polar surface area (TPSA) is 70.1 Å². The third-order valence-electron chi connectivity index (χ3n) is 8.04. The first-order valence-electron chi connectivity index (χ1n) is 13.7. The van der Waals surface area contributed by atoms with E-state index in [1.807, 2.05) is 34.9 Å². The number of aryl methyl sites for hydroxylation is 4. The fourth-order valence-electron chi connectivity index (χ4n) is 5.96. The van der Waals surface area contributed by atoms with Gasteiger partial charge in [-0.15, -0.1) is 11.8 Å². The molecule has 1 unspecified atom stereocenters. The van der Waals surface area contributed by atoms with Crippen LogP contribution in [0.3, 0.4) is 0 Å². The van der Waals surface area contributed by atoms with Gasteiger partial charge >= 0.3 is 0 Å². The van der Waals surface area contributed by atoms with Crippen molar-refractivity contribution in [1.82, 2.24) is 0 Å². The van der Waals surface area contributed by atoms with Crippen LogP contribution in [-0.4, -0.2) is 5.78 Å². The highest BCUT2D eigenvalue weighted by molar-refractivity contribution is 7.98. The predicted octanol–water partition coefficient (Wildman–Crippen LogP) is 7.77. The Kier molecular flexibility index (Phi) is 7.68. The van der Waals surface area contributed by atoms with Crippen molar-refractivity contribution in [3.63, 3.8) is 0 Å². The fourth-order valence-corrected chi connectivity index (χ4v) is 7.05. The van der Waals surface area contributed by atoms with Crippen molar-refractivity contribution in [3.05, 3.63) is 117 Å². The zero-order chi connectivity index (χ0) is 27.7. The number of nitrogens with zero attached hydrogens (tertiary/aromatic N) is 2. The van der Waals surface area contributed by atoms with Gasteiger partial charge in [0.05, 0.1) is 23.2 Å². The summed E-state index contributed by atoms with van der Waals surface area (Å²) in [4.78, 5) is 16.9. The molecule has 0 amide bonds. The number of benzene rings is 3. The van der Waals surface area contributed by atoms with Crippen molar-refractivity contribution < 1.29 is 4.79 Å². The molecule has 0 aromatic heterocycles. The maximum Gasteiger partial charge on any atom is 0.161 e. The summed E-state index contributed by atoms with van der Waals surface area (Å²) in [6.45, 7) is 8.47. The Morgan fingerprint density at radius 1 is 0.974 bits per heavy atom. The van der Waals surface area contributed by atoms with E-state index in [4.69, 9.17) is 5.73 Å². The van der Waals surface area contributed by atoms with E-state index in [9.17, 15) is 10.1 Å². The smallest absolute Gasteiger partial charge is 0.161 e. The lowest BCUT2D eigenvalue weighted by molar-refractivity contribution is -0.116. The molecule has 2 aliphatic rings. The van der Waals surface area contributed by atoms with Gasteiger partial charge in [0.25, 0.3) is 0 Å². The monoisotopic (exact) mass is 533 g/mol. The van der Waals surface area contributed by atoms with Gasteiger partial charge < -0.3 is 5.73 Å². The van der Waals surface area contributed by atoms with Crippen LogP contribution in [0, 0.1) is 32.1 Å². The summed E-state index contributed by atoms with van der Waals surface area (Å²) in [6, 6.07) is 23.4. The lowest BCUT2D eigenvalue weighted by Crippen LogP contribution is -2.39. The highest BCUT2D eigenvalue weighted by atomic mass is 32.2. The number of hydrogen-bond acceptors (Lipinski definition) is 5. The standard InChI is InChI=1S/C34H35N3OS/c1-5-24-12-7-8-13-28(24)37-29-14-10-15-30(38)33(29)32(27(19-35)34(37)36)26-18-25(22(3)17-23(26)4)20-39-31-16-9-6-11-21(31)2/h6-9,11-13,16-18,32H,5,10,14-15,20,36H2,1-4H3. The number of para-hydroxylation sites is 1. The number of carbonyl (C=O) groups is 1. The number of Topliss-reactive ketones (excluding diaryl/α,β-unsaturated/α-hetero) is 1. The molecule has 1 aliphatic heterocycles. The third kappa shape index (κ3) is 4.90. The van der Waals surface area contributed by atoms with Gasteiger partial charge in [0.2, 0.25) is 0 Å². The molecule has 0 spiro atoms. The molecule has 5 heteroatoms. The predicted molar refractivity (Wildman–Crippen MR) is 160 cm³/mol. The summed E-state index contributed by atoms with van der Waals surface area (Å²) in [7, 11) is 0. The number of carbonyl (C=O) groups excluding carboxylic acids is 1. The van der Waals surface area contributed by atoms with Crippen LogP contribution < -0.4 is 10.6 Å². The van der Waals surface area contributed by atoms with Crippen molar-refractivity contribution in [1.29, 1.82) is 5.26 Å². The molecule has 0 fully saturated rings. The Morgan fingerprint density at radius 2 is 1.72 bits per heavy atom. The average molecular weight is 534 g/mol. The molecule has 0 saturated heterocycles. The Bertz CT molecular complexity index is 1560. The third-order valence-corrected chi connectivity index (χ3v) is 9.26. The Labute approximate surface area is 236 Å².